The lowest BCUT2D eigenvalue weighted by molar-refractivity contribution is -0.384. The second kappa shape index (κ2) is 4.99. The molecule has 9 nitrogen and oxygen atoms in total. The van der Waals surface area contributed by atoms with Crippen LogP contribution in [0, 0.1) is 10.1 Å². The molecule has 0 aliphatic rings. The van der Waals surface area contributed by atoms with Crippen LogP contribution < -0.4 is 5.32 Å². The Kier molecular flexibility index (Phi) is 3.23. The van der Waals surface area contributed by atoms with Gasteiger partial charge in [0.15, 0.2) is 5.82 Å². The fourth-order valence-corrected chi connectivity index (χ4v) is 1.25. The summed E-state index contributed by atoms with van der Waals surface area (Å²) in [7, 11) is 0. The maximum Gasteiger partial charge on any atom is 0.269 e. The quantitative estimate of drug-likeness (QED) is 0.580. The molecule has 2 N–H and O–H groups in total. The van der Waals surface area contributed by atoms with Crippen LogP contribution in [0.3, 0.4) is 0 Å². The second-order valence-electron chi connectivity index (χ2n) is 3.31. The van der Waals surface area contributed by atoms with Crippen molar-refractivity contribution < 1.29 is 9.72 Å². The first kappa shape index (κ1) is 11.6. The van der Waals surface area contributed by atoms with Crippen molar-refractivity contribution in [3.63, 3.8) is 0 Å². The minimum Gasteiger partial charge on any atom is -0.345 e. The molecule has 92 valence electrons. The molecular weight excluding hydrogens is 240 g/mol. The number of nitro groups is 1. The van der Waals surface area contributed by atoms with E-state index in [9.17, 15) is 14.9 Å². The van der Waals surface area contributed by atoms with Gasteiger partial charge in [0.1, 0.15) is 0 Å². The molecule has 0 saturated carbocycles. The molecule has 0 unspecified atom stereocenters. The number of non-ortho nitro benzene ring substituents is 1. The molecular formula is C9H8N6O3. The molecule has 0 spiro atoms. The molecule has 1 aromatic carbocycles. The number of nitrogens with one attached hydrogen (secondary N) is 2. The number of hydrogen-bond acceptors (Lipinski definition) is 6. The van der Waals surface area contributed by atoms with E-state index < -0.39 is 4.92 Å². The van der Waals surface area contributed by atoms with Gasteiger partial charge in [0.2, 0.25) is 0 Å². The largest absolute Gasteiger partial charge is 0.345 e. The molecule has 1 amide bonds. The summed E-state index contributed by atoms with van der Waals surface area (Å²) >= 11 is 0. The first-order valence-corrected chi connectivity index (χ1v) is 4.92. The number of nitro benzene ring substituents is 1. The van der Waals surface area contributed by atoms with Crippen LogP contribution in [-0.4, -0.2) is 31.5 Å². The average Bonchev–Trinajstić information content (AvgIpc) is 2.89. The average molecular weight is 248 g/mol. The van der Waals surface area contributed by atoms with Gasteiger partial charge >= 0.3 is 0 Å². The lowest BCUT2D eigenvalue weighted by Gasteiger charge is -2.01. The normalized spacial score (nSPS) is 10.0. The summed E-state index contributed by atoms with van der Waals surface area (Å²) < 4.78 is 0. The Morgan fingerprint density at radius 3 is 2.67 bits per heavy atom. The fourth-order valence-electron chi connectivity index (χ4n) is 1.25. The van der Waals surface area contributed by atoms with Crippen LogP contribution in [0.1, 0.15) is 16.2 Å². The zero-order chi connectivity index (χ0) is 13.0. The van der Waals surface area contributed by atoms with Crippen LogP contribution in [0.5, 0.6) is 0 Å². The summed E-state index contributed by atoms with van der Waals surface area (Å²) in [4.78, 5) is 21.6. The molecule has 2 aromatic rings. The third kappa shape index (κ3) is 2.64. The molecule has 2 rings (SSSR count). The van der Waals surface area contributed by atoms with E-state index in [1.807, 2.05) is 0 Å². The van der Waals surface area contributed by atoms with Crippen LogP contribution in [0.2, 0.25) is 0 Å². The summed E-state index contributed by atoms with van der Waals surface area (Å²) in [6, 6.07) is 5.29. The summed E-state index contributed by atoms with van der Waals surface area (Å²) in [6.07, 6.45) is 0. The van der Waals surface area contributed by atoms with E-state index in [4.69, 9.17) is 0 Å². The maximum absolute atomic E-state index is 11.7. The molecule has 0 saturated heterocycles. The van der Waals surface area contributed by atoms with Crippen LogP contribution in [0.15, 0.2) is 24.3 Å². The highest BCUT2D eigenvalue weighted by molar-refractivity contribution is 5.94. The van der Waals surface area contributed by atoms with Crippen molar-refractivity contribution in [2.45, 2.75) is 6.54 Å². The van der Waals surface area contributed by atoms with Crippen LogP contribution in [-0.2, 0) is 6.54 Å². The number of benzene rings is 1. The summed E-state index contributed by atoms with van der Waals surface area (Å²) in [6.45, 7) is 0.131. The Morgan fingerprint density at radius 2 is 2.11 bits per heavy atom. The Labute approximate surface area is 100 Å². The van der Waals surface area contributed by atoms with Crippen LogP contribution in [0.25, 0.3) is 0 Å². The molecule has 0 aliphatic carbocycles. The number of carbonyl (C=O) groups excluding carboxylic acids is 1. The number of nitrogens with zero attached hydrogens (tertiary/aromatic N) is 4. The number of rotatable bonds is 4. The van der Waals surface area contributed by atoms with E-state index in [0.29, 0.717) is 11.4 Å². The van der Waals surface area contributed by atoms with Gasteiger partial charge in [-0.05, 0) is 12.1 Å². The minimum absolute atomic E-state index is 0.0651. The van der Waals surface area contributed by atoms with Crippen LogP contribution in [0.4, 0.5) is 5.69 Å². The van der Waals surface area contributed by atoms with Gasteiger partial charge < -0.3 is 5.32 Å². The number of aromatic amines is 1. The smallest absolute Gasteiger partial charge is 0.269 e. The van der Waals surface area contributed by atoms with E-state index in [0.717, 1.165) is 0 Å². The molecule has 0 bridgehead atoms. The Morgan fingerprint density at radius 1 is 1.39 bits per heavy atom. The molecule has 0 atom stereocenters. The highest BCUT2D eigenvalue weighted by atomic mass is 16.6. The van der Waals surface area contributed by atoms with Gasteiger partial charge in [0.25, 0.3) is 11.6 Å². The van der Waals surface area contributed by atoms with Crippen molar-refractivity contribution in [2.24, 2.45) is 0 Å². The van der Waals surface area contributed by atoms with Crippen molar-refractivity contribution in [3.8, 4) is 0 Å². The summed E-state index contributed by atoms with van der Waals surface area (Å²) in [5.41, 5.74) is 0.258. The minimum atomic E-state index is -0.527. The predicted molar refractivity (Wildman–Crippen MR) is 58.4 cm³/mol. The number of H-pyrrole nitrogens is 1. The lowest BCUT2D eigenvalue weighted by Crippen LogP contribution is -2.23. The van der Waals surface area contributed by atoms with Crippen LogP contribution >= 0.6 is 0 Å². The molecule has 0 fully saturated rings. The van der Waals surface area contributed by atoms with Crippen molar-refractivity contribution in [2.75, 3.05) is 0 Å². The van der Waals surface area contributed by atoms with Crippen molar-refractivity contribution in [1.82, 2.24) is 25.9 Å². The SMILES string of the molecule is O=C(NCc1nn[nH]n1)c1ccc([N+](=O)[O-])cc1. The van der Waals surface area contributed by atoms with Gasteiger partial charge in [-0.2, -0.15) is 5.21 Å². The van der Waals surface area contributed by atoms with E-state index in [1.54, 1.807) is 0 Å². The van der Waals surface area contributed by atoms with E-state index >= 15 is 0 Å². The number of aromatic nitrogens is 4. The van der Waals surface area contributed by atoms with E-state index in [-0.39, 0.29) is 18.1 Å². The molecule has 1 aromatic heterocycles. The molecule has 9 heteroatoms. The summed E-state index contributed by atoms with van der Waals surface area (Å²) in [5.74, 6) is -0.0139. The zero-order valence-electron chi connectivity index (χ0n) is 9.03. The van der Waals surface area contributed by atoms with Gasteiger partial charge in [0, 0.05) is 17.7 Å². The van der Waals surface area contributed by atoms with Crippen molar-refractivity contribution >= 4 is 11.6 Å². The predicted octanol–water partition coefficient (Wildman–Crippen LogP) is 0.0379. The standard InChI is InChI=1S/C9H8N6O3/c16-9(10-5-8-11-13-14-12-8)6-1-3-7(4-2-6)15(17)18/h1-4H,5H2,(H,10,16)(H,11,12,13,14). The third-order valence-electron chi connectivity index (χ3n) is 2.14. The van der Waals surface area contributed by atoms with Gasteiger partial charge in [-0.1, -0.05) is 5.21 Å². The highest BCUT2D eigenvalue weighted by Crippen LogP contribution is 2.11. The van der Waals surface area contributed by atoms with E-state index in [2.05, 4.69) is 25.9 Å². The number of carbonyl (C=O) groups is 1. The Bertz CT molecular complexity index is 550. The van der Waals surface area contributed by atoms with Crippen molar-refractivity contribution in [1.29, 1.82) is 0 Å². The van der Waals surface area contributed by atoms with Gasteiger partial charge in [-0.15, -0.1) is 10.2 Å². The topological polar surface area (TPSA) is 127 Å². The molecule has 18 heavy (non-hydrogen) atoms. The zero-order valence-corrected chi connectivity index (χ0v) is 9.03. The molecule has 1 heterocycles. The first-order valence-electron chi connectivity index (χ1n) is 4.92. The summed E-state index contributed by atoms with van der Waals surface area (Å²) in [5, 5.41) is 25.9. The third-order valence-corrected chi connectivity index (χ3v) is 2.14. The lowest BCUT2D eigenvalue weighted by atomic mass is 10.2. The Balaban J connectivity index is 1.98. The Hall–Kier alpha value is -2.84. The van der Waals surface area contributed by atoms with Gasteiger partial charge in [0.05, 0.1) is 11.5 Å². The molecule has 0 radical (unpaired) electrons. The monoisotopic (exact) mass is 248 g/mol. The second-order valence-corrected chi connectivity index (χ2v) is 3.31. The van der Waals surface area contributed by atoms with Crippen molar-refractivity contribution in [3.05, 3.63) is 45.8 Å². The molecule has 0 aliphatic heterocycles. The number of amides is 1. The first-order chi connectivity index (χ1) is 8.66. The maximum atomic E-state index is 11.7. The van der Waals surface area contributed by atoms with E-state index in [1.165, 1.54) is 24.3 Å². The number of tetrazole rings is 1. The fraction of sp³-hybridized carbons (Fsp3) is 0.111. The van der Waals surface area contributed by atoms with Gasteiger partial charge in [-0.3, -0.25) is 14.9 Å². The number of hydrogen-bond donors (Lipinski definition) is 2. The highest BCUT2D eigenvalue weighted by Gasteiger charge is 2.09. The van der Waals surface area contributed by atoms with Gasteiger partial charge in [-0.25, -0.2) is 0 Å².